The van der Waals surface area contributed by atoms with Crippen molar-refractivity contribution < 1.29 is 30.0 Å². The monoisotopic (exact) mass is 434 g/mol. The summed E-state index contributed by atoms with van der Waals surface area (Å²) < 4.78 is 91.6. The smallest absolute Gasteiger partial charge is 0.279 e. The lowest BCUT2D eigenvalue weighted by molar-refractivity contribution is -0.136. The van der Waals surface area contributed by atoms with Gasteiger partial charge in [0.15, 0.2) is 0 Å². The highest BCUT2D eigenvalue weighted by molar-refractivity contribution is 7.93. The van der Waals surface area contributed by atoms with E-state index in [9.17, 15) is 30.0 Å². The molecule has 2 aromatic carbocycles. The maximum Gasteiger partial charge on any atom is 0.418 e. The molecule has 152 valence electrons. The number of rotatable bonds is 4. The van der Waals surface area contributed by atoms with Crippen molar-refractivity contribution in [3.05, 3.63) is 54.1 Å². The summed E-state index contributed by atoms with van der Waals surface area (Å²) in [5.41, 5.74) is -1.37. The van der Waals surface area contributed by atoms with Crippen molar-refractivity contribution in [2.24, 2.45) is 0 Å². The van der Waals surface area contributed by atoms with Crippen molar-refractivity contribution in [2.45, 2.75) is 23.9 Å². The average Bonchev–Trinajstić information content (AvgIpc) is 2.61. The zero-order valence-corrected chi connectivity index (χ0v) is 16.1. The van der Waals surface area contributed by atoms with E-state index in [1.807, 2.05) is 4.72 Å². The number of nitrogens with zero attached hydrogens (tertiary/aromatic N) is 1. The van der Waals surface area contributed by atoms with Gasteiger partial charge < -0.3 is 0 Å². The van der Waals surface area contributed by atoms with Gasteiger partial charge in [-0.15, -0.1) is 0 Å². The van der Waals surface area contributed by atoms with Crippen LogP contribution >= 0.6 is 0 Å². The van der Waals surface area contributed by atoms with Crippen LogP contribution in [0.5, 0.6) is 0 Å². The molecule has 1 aliphatic heterocycles. The Morgan fingerprint density at radius 3 is 2.21 bits per heavy atom. The molecule has 0 unspecified atom stereocenters. The molecule has 11 heteroatoms. The number of sulfonamides is 2. The fourth-order valence-electron chi connectivity index (χ4n) is 2.89. The van der Waals surface area contributed by atoms with Crippen LogP contribution in [0.4, 0.5) is 24.5 Å². The van der Waals surface area contributed by atoms with Crippen molar-refractivity contribution in [3.63, 3.8) is 0 Å². The highest BCUT2D eigenvalue weighted by Gasteiger charge is 2.34. The highest BCUT2D eigenvalue weighted by Crippen LogP contribution is 2.35. The zero-order chi connectivity index (χ0) is 20.6. The van der Waals surface area contributed by atoms with Crippen LogP contribution in [0.2, 0.25) is 0 Å². The Kier molecular flexibility index (Phi) is 5.32. The second-order valence-corrected chi connectivity index (χ2v) is 9.93. The molecule has 0 saturated carbocycles. The molecule has 0 aliphatic carbocycles. The van der Waals surface area contributed by atoms with Crippen molar-refractivity contribution >= 4 is 31.4 Å². The molecular formula is C17H17F3N2O4S2. The molecule has 0 amide bonds. The quantitative estimate of drug-likeness (QED) is 0.799. The minimum absolute atomic E-state index is 0.0167. The number of nitrogens with one attached hydrogen (secondary N) is 1. The molecule has 0 aromatic heterocycles. The summed E-state index contributed by atoms with van der Waals surface area (Å²) in [5.74, 6) is 0.0167. The van der Waals surface area contributed by atoms with Crippen molar-refractivity contribution in [1.82, 2.24) is 0 Å². The first-order valence-electron chi connectivity index (χ1n) is 8.30. The van der Waals surface area contributed by atoms with Gasteiger partial charge >= 0.3 is 6.18 Å². The minimum atomic E-state index is -4.72. The van der Waals surface area contributed by atoms with Gasteiger partial charge in [-0.3, -0.25) is 9.03 Å². The van der Waals surface area contributed by atoms with E-state index in [1.54, 1.807) is 0 Å². The molecule has 28 heavy (non-hydrogen) atoms. The Morgan fingerprint density at radius 1 is 0.964 bits per heavy atom. The number of halogens is 3. The van der Waals surface area contributed by atoms with Crippen LogP contribution < -0.4 is 9.03 Å². The second kappa shape index (κ2) is 7.28. The van der Waals surface area contributed by atoms with Crippen molar-refractivity contribution in [2.75, 3.05) is 21.3 Å². The SMILES string of the molecule is O=S(=O)(Nc1ccccc1C(F)(F)F)c1ccc(N2CCCCS2(=O)=O)cc1. The largest absolute Gasteiger partial charge is 0.418 e. The molecule has 2 aromatic rings. The third-order valence-electron chi connectivity index (χ3n) is 4.26. The summed E-state index contributed by atoms with van der Waals surface area (Å²) in [6.07, 6.45) is -3.46. The van der Waals surface area contributed by atoms with Crippen LogP contribution in [0.15, 0.2) is 53.4 Å². The molecule has 1 N–H and O–H groups in total. The van der Waals surface area contributed by atoms with E-state index >= 15 is 0 Å². The molecule has 0 spiro atoms. The van der Waals surface area contributed by atoms with Crippen molar-refractivity contribution in [1.29, 1.82) is 0 Å². The molecule has 0 radical (unpaired) electrons. The maximum absolute atomic E-state index is 13.1. The number of hydrogen-bond acceptors (Lipinski definition) is 4. The van der Waals surface area contributed by atoms with E-state index in [0.717, 1.165) is 30.3 Å². The van der Waals surface area contributed by atoms with Gasteiger partial charge in [0, 0.05) is 6.54 Å². The van der Waals surface area contributed by atoms with E-state index in [4.69, 9.17) is 0 Å². The number of anilines is 2. The lowest BCUT2D eigenvalue weighted by atomic mass is 10.2. The Morgan fingerprint density at radius 2 is 1.61 bits per heavy atom. The topological polar surface area (TPSA) is 83.6 Å². The summed E-state index contributed by atoms with van der Waals surface area (Å²) in [5, 5.41) is 0. The maximum atomic E-state index is 13.1. The van der Waals surface area contributed by atoms with Gasteiger partial charge in [-0.2, -0.15) is 13.2 Å². The van der Waals surface area contributed by atoms with Crippen LogP contribution in [0.3, 0.4) is 0 Å². The summed E-state index contributed by atoms with van der Waals surface area (Å²) in [6.45, 7) is 0.297. The molecule has 1 heterocycles. The Balaban J connectivity index is 1.88. The fourth-order valence-corrected chi connectivity index (χ4v) is 5.61. The zero-order valence-electron chi connectivity index (χ0n) is 14.5. The lowest BCUT2D eigenvalue weighted by Gasteiger charge is -2.28. The first-order valence-corrected chi connectivity index (χ1v) is 11.4. The summed E-state index contributed by atoms with van der Waals surface area (Å²) >= 11 is 0. The van der Waals surface area contributed by atoms with E-state index in [2.05, 4.69) is 0 Å². The van der Waals surface area contributed by atoms with E-state index in [0.29, 0.717) is 25.1 Å². The number of alkyl halides is 3. The molecular weight excluding hydrogens is 417 g/mol. The number of hydrogen-bond donors (Lipinski definition) is 1. The second-order valence-electron chi connectivity index (χ2n) is 6.24. The molecule has 6 nitrogen and oxygen atoms in total. The van der Waals surface area contributed by atoms with E-state index < -0.39 is 37.5 Å². The molecule has 0 bridgehead atoms. The van der Waals surface area contributed by atoms with Gasteiger partial charge in [-0.05, 0) is 49.2 Å². The minimum Gasteiger partial charge on any atom is -0.279 e. The third-order valence-corrected chi connectivity index (χ3v) is 7.51. The Labute approximate surface area is 161 Å². The van der Waals surface area contributed by atoms with Gasteiger partial charge in [0.2, 0.25) is 10.0 Å². The number of benzene rings is 2. The molecule has 0 atom stereocenters. The van der Waals surface area contributed by atoms with Gasteiger partial charge in [0.05, 0.1) is 27.6 Å². The van der Waals surface area contributed by atoms with Crippen LogP contribution in [-0.4, -0.2) is 29.1 Å². The molecule has 1 aliphatic rings. The first-order chi connectivity index (χ1) is 13.0. The van der Waals surface area contributed by atoms with Gasteiger partial charge in [-0.25, -0.2) is 16.8 Å². The van der Waals surface area contributed by atoms with Crippen LogP contribution in [0.1, 0.15) is 18.4 Å². The standard InChI is InChI=1S/C17H17F3N2O4S2/c18-17(19,20)15-5-1-2-6-16(15)21-28(25,26)14-9-7-13(8-10-14)22-11-3-4-12-27(22,23)24/h1-2,5-10,21H,3-4,11-12H2. The number of para-hydroxylation sites is 1. The van der Waals surface area contributed by atoms with E-state index in [1.165, 1.54) is 22.5 Å². The lowest BCUT2D eigenvalue weighted by Crippen LogP contribution is -2.37. The molecule has 1 fully saturated rings. The van der Waals surface area contributed by atoms with Crippen LogP contribution in [0.25, 0.3) is 0 Å². The predicted octanol–water partition coefficient (Wildman–Crippen LogP) is 3.44. The van der Waals surface area contributed by atoms with Gasteiger partial charge in [0.25, 0.3) is 10.0 Å². The normalized spacial score (nSPS) is 17.3. The van der Waals surface area contributed by atoms with Crippen molar-refractivity contribution in [3.8, 4) is 0 Å². The molecule has 1 saturated heterocycles. The third kappa shape index (κ3) is 4.25. The van der Waals surface area contributed by atoms with Gasteiger partial charge in [-0.1, -0.05) is 12.1 Å². The van der Waals surface area contributed by atoms with Gasteiger partial charge in [0.1, 0.15) is 0 Å². The highest BCUT2D eigenvalue weighted by atomic mass is 32.2. The first kappa shape index (κ1) is 20.5. The van der Waals surface area contributed by atoms with E-state index in [-0.39, 0.29) is 10.6 Å². The summed E-state index contributed by atoms with van der Waals surface area (Å²) in [7, 11) is -7.74. The average molecular weight is 434 g/mol. The van der Waals surface area contributed by atoms with Crippen LogP contribution in [-0.2, 0) is 26.2 Å². The Bertz CT molecular complexity index is 1070. The fraction of sp³-hybridized carbons (Fsp3) is 0.294. The Hall–Kier alpha value is -2.27. The summed E-state index contributed by atoms with van der Waals surface area (Å²) in [6, 6.07) is 9.24. The predicted molar refractivity (Wildman–Crippen MR) is 99.1 cm³/mol. The summed E-state index contributed by atoms with van der Waals surface area (Å²) in [4.78, 5) is -0.275. The molecule has 3 rings (SSSR count). The van der Waals surface area contributed by atoms with Crippen LogP contribution in [0, 0.1) is 0 Å².